The van der Waals surface area contributed by atoms with Gasteiger partial charge in [0.2, 0.25) is 5.91 Å². The van der Waals surface area contributed by atoms with Crippen LogP contribution in [0.5, 0.6) is 0 Å². The van der Waals surface area contributed by atoms with Crippen molar-refractivity contribution in [2.45, 2.75) is 12.5 Å². The van der Waals surface area contributed by atoms with Crippen LogP contribution in [-0.2, 0) is 14.6 Å². The first kappa shape index (κ1) is 18.7. The average molecular weight is 403 g/mol. The summed E-state index contributed by atoms with van der Waals surface area (Å²) in [6.07, 6.45) is 3.96. The Hall–Kier alpha value is -1.08. The standard InChI is InChI=1S/C17H20Cl2N2O3S/c18-15-3-1-13(11-16(15)19)2-4-17(22)21-8-6-20(7-9-21)14-5-10-25(23,24)12-14/h1-4,11,14H,5-10,12H2/b4-2+/t14-/m0/s1. The van der Waals surface area contributed by atoms with Crippen LogP contribution in [0.15, 0.2) is 24.3 Å². The molecular weight excluding hydrogens is 383 g/mol. The number of hydrogen-bond donors (Lipinski definition) is 0. The fourth-order valence-corrected chi connectivity index (χ4v) is 5.33. The van der Waals surface area contributed by atoms with E-state index < -0.39 is 9.84 Å². The number of carbonyl (C=O) groups excluding carboxylic acids is 1. The minimum absolute atomic E-state index is 0.0511. The van der Waals surface area contributed by atoms with E-state index in [9.17, 15) is 13.2 Å². The zero-order valence-electron chi connectivity index (χ0n) is 13.7. The first-order chi connectivity index (χ1) is 11.8. The van der Waals surface area contributed by atoms with Gasteiger partial charge in [-0.1, -0.05) is 29.3 Å². The molecule has 0 radical (unpaired) electrons. The Morgan fingerprint density at radius 1 is 1.12 bits per heavy atom. The van der Waals surface area contributed by atoms with Crippen LogP contribution >= 0.6 is 23.2 Å². The number of halogens is 2. The van der Waals surface area contributed by atoms with Crippen molar-refractivity contribution in [3.05, 3.63) is 39.9 Å². The molecule has 2 aliphatic rings. The van der Waals surface area contributed by atoms with Gasteiger partial charge in [-0.3, -0.25) is 9.69 Å². The van der Waals surface area contributed by atoms with Gasteiger partial charge in [0.15, 0.2) is 9.84 Å². The smallest absolute Gasteiger partial charge is 0.246 e. The van der Waals surface area contributed by atoms with Crippen LogP contribution in [0.2, 0.25) is 10.0 Å². The van der Waals surface area contributed by atoms with Gasteiger partial charge >= 0.3 is 0 Å². The van der Waals surface area contributed by atoms with Crippen molar-refractivity contribution in [1.29, 1.82) is 0 Å². The number of sulfone groups is 1. The summed E-state index contributed by atoms with van der Waals surface area (Å²) >= 11 is 11.8. The van der Waals surface area contributed by atoms with Crippen LogP contribution in [0.4, 0.5) is 0 Å². The van der Waals surface area contributed by atoms with Gasteiger partial charge in [-0.15, -0.1) is 0 Å². The van der Waals surface area contributed by atoms with Gasteiger partial charge < -0.3 is 4.90 Å². The van der Waals surface area contributed by atoms with E-state index in [-0.39, 0.29) is 23.5 Å². The Morgan fingerprint density at radius 3 is 2.44 bits per heavy atom. The lowest BCUT2D eigenvalue weighted by molar-refractivity contribution is -0.127. The van der Waals surface area contributed by atoms with E-state index in [0.29, 0.717) is 42.6 Å². The average Bonchev–Trinajstić information content (AvgIpc) is 2.96. The number of carbonyl (C=O) groups is 1. The van der Waals surface area contributed by atoms with Crippen molar-refractivity contribution in [2.24, 2.45) is 0 Å². The highest BCUT2D eigenvalue weighted by Crippen LogP contribution is 2.23. The summed E-state index contributed by atoms with van der Waals surface area (Å²) in [5.74, 6) is 0.478. The van der Waals surface area contributed by atoms with E-state index in [1.807, 2.05) is 0 Å². The third-order valence-electron chi connectivity index (χ3n) is 4.71. The zero-order chi connectivity index (χ0) is 18.0. The number of rotatable bonds is 3. The number of hydrogen-bond acceptors (Lipinski definition) is 4. The molecule has 25 heavy (non-hydrogen) atoms. The molecule has 5 nitrogen and oxygen atoms in total. The maximum Gasteiger partial charge on any atom is 0.246 e. The molecule has 1 aromatic carbocycles. The minimum atomic E-state index is -2.87. The van der Waals surface area contributed by atoms with Crippen LogP contribution in [-0.4, -0.2) is 67.9 Å². The summed E-state index contributed by atoms with van der Waals surface area (Å²) in [6.45, 7) is 2.65. The summed E-state index contributed by atoms with van der Waals surface area (Å²) in [4.78, 5) is 16.3. The van der Waals surface area contributed by atoms with Crippen molar-refractivity contribution in [3.8, 4) is 0 Å². The van der Waals surface area contributed by atoms with Crippen LogP contribution in [0.1, 0.15) is 12.0 Å². The van der Waals surface area contributed by atoms with Gasteiger partial charge in [0.1, 0.15) is 0 Å². The zero-order valence-corrected chi connectivity index (χ0v) is 16.0. The van der Waals surface area contributed by atoms with Gasteiger partial charge in [0.25, 0.3) is 0 Å². The fraction of sp³-hybridized carbons (Fsp3) is 0.471. The van der Waals surface area contributed by atoms with Crippen molar-refractivity contribution in [2.75, 3.05) is 37.7 Å². The Labute approximate surface area is 158 Å². The second-order valence-electron chi connectivity index (χ2n) is 6.42. The molecule has 8 heteroatoms. The molecule has 1 amide bonds. The van der Waals surface area contributed by atoms with Gasteiger partial charge in [0.05, 0.1) is 21.6 Å². The largest absolute Gasteiger partial charge is 0.337 e. The Kier molecular flexibility index (Phi) is 5.73. The Morgan fingerprint density at radius 2 is 1.84 bits per heavy atom. The van der Waals surface area contributed by atoms with Crippen molar-refractivity contribution < 1.29 is 13.2 Å². The number of benzene rings is 1. The maximum atomic E-state index is 12.3. The normalized spacial score (nSPS) is 24.1. The molecule has 1 aromatic rings. The highest BCUT2D eigenvalue weighted by Gasteiger charge is 2.34. The minimum Gasteiger partial charge on any atom is -0.337 e. The molecule has 0 saturated carbocycles. The summed E-state index contributed by atoms with van der Waals surface area (Å²) in [5.41, 5.74) is 0.817. The predicted octanol–water partition coefficient (Wildman–Crippen LogP) is 2.34. The molecule has 2 aliphatic heterocycles. The van der Waals surface area contributed by atoms with E-state index in [0.717, 1.165) is 5.56 Å². The SMILES string of the molecule is O=C(/C=C/c1ccc(Cl)c(Cl)c1)N1CCN([C@H]2CCS(=O)(=O)C2)CC1. The lowest BCUT2D eigenvalue weighted by Gasteiger charge is -2.37. The molecule has 0 unspecified atom stereocenters. The third kappa shape index (κ3) is 4.76. The van der Waals surface area contributed by atoms with Gasteiger partial charge in [-0.2, -0.15) is 0 Å². The molecule has 3 rings (SSSR count). The first-order valence-corrected chi connectivity index (χ1v) is 10.8. The molecule has 2 fully saturated rings. The Bertz CT molecular complexity index is 787. The Balaban J connectivity index is 1.53. The van der Waals surface area contributed by atoms with E-state index >= 15 is 0 Å². The molecule has 2 saturated heterocycles. The van der Waals surface area contributed by atoms with Crippen LogP contribution < -0.4 is 0 Å². The lowest BCUT2D eigenvalue weighted by Crippen LogP contribution is -2.52. The summed E-state index contributed by atoms with van der Waals surface area (Å²) in [5, 5.41) is 0.937. The van der Waals surface area contributed by atoms with E-state index in [4.69, 9.17) is 23.2 Å². The fourth-order valence-electron chi connectivity index (χ4n) is 3.26. The van der Waals surface area contributed by atoms with Gasteiger partial charge in [-0.25, -0.2) is 8.42 Å². The highest BCUT2D eigenvalue weighted by molar-refractivity contribution is 7.91. The van der Waals surface area contributed by atoms with E-state index in [1.165, 1.54) is 6.08 Å². The molecule has 0 spiro atoms. The van der Waals surface area contributed by atoms with Gasteiger partial charge in [0, 0.05) is 38.3 Å². The number of nitrogens with zero attached hydrogens (tertiary/aromatic N) is 2. The third-order valence-corrected chi connectivity index (χ3v) is 7.20. The van der Waals surface area contributed by atoms with E-state index in [1.54, 1.807) is 29.2 Å². The first-order valence-electron chi connectivity index (χ1n) is 8.20. The summed E-state index contributed by atoms with van der Waals surface area (Å²) in [6, 6.07) is 5.32. The molecule has 0 bridgehead atoms. The lowest BCUT2D eigenvalue weighted by atomic mass is 10.2. The topological polar surface area (TPSA) is 57.7 Å². The van der Waals surface area contributed by atoms with Crippen LogP contribution in [0, 0.1) is 0 Å². The van der Waals surface area contributed by atoms with Gasteiger partial charge in [-0.05, 0) is 30.2 Å². The molecule has 0 aliphatic carbocycles. The summed E-state index contributed by atoms with van der Waals surface area (Å²) in [7, 11) is -2.87. The second-order valence-corrected chi connectivity index (χ2v) is 9.47. The molecule has 136 valence electrons. The molecular formula is C17H20Cl2N2O3S. The number of amides is 1. The molecule has 0 N–H and O–H groups in total. The molecule has 0 aromatic heterocycles. The maximum absolute atomic E-state index is 12.3. The van der Waals surface area contributed by atoms with E-state index in [2.05, 4.69) is 4.90 Å². The second kappa shape index (κ2) is 7.66. The molecule has 2 heterocycles. The quantitative estimate of drug-likeness (QED) is 0.727. The summed E-state index contributed by atoms with van der Waals surface area (Å²) < 4.78 is 23.2. The van der Waals surface area contributed by atoms with Crippen molar-refractivity contribution in [1.82, 2.24) is 9.80 Å². The van der Waals surface area contributed by atoms with Crippen molar-refractivity contribution >= 4 is 45.0 Å². The monoisotopic (exact) mass is 402 g/mol. The van der Waals surface area contributed by atoms with Crippen molar-refractivity contribution in [3.63, 3.8) is 0 Å². The number of piperazine rings is 1. The predicted molar refractivity (Wildman–Crippen MR) is 101 cm³/mol. The van der Waals surface area contributed by atoms with Crippen LogP contribution in [0.25, 0.3) is 6.08 Å². The van der Waals surface area contributed by atoms with Crippen LogP contribution in [0.3, 0.4) is 0 Å². The highest BCUT2D eigenvalue weighted by atomic mass is 35.5. The molecule has 1 atom stereocenters.